The third-order valence-corrected chi connectivity index (χ3v) is 6.71. The Morgan fingerprint density at radius 1 is 1.00 bits per heavy atom. The number of benzene rings is 3. The van der Waals surface area contributed by atoms with Crippen LogP contribution in [0.3, 0.4) is 0 Å². The molecule has 0 aliphatic rings. The number of rotatable bonds is 8. The van der Waals surface area contributed by atoms with E-state index in [2.05, 4.69) is 15.0 Å². The van der Waals surface area contributed by atoms with Crippen LogP contribution in [0.25, 0.3) is 0 Å². The quantitative estimate of drug-likeness (QED) is 0.375. The number of hydrogen-bond acceptors (Lipinski definition) is 4. The van der Waals surface area contributed by atoms with Crippen LogP contribution >= 0.6 is 11.6 Å². The average molecular weight is 499 g/mol. The second-order valence-electron chi connectivity index (χ2n) is 7.49. The Morgan fingerprint density at radius 3 is 2.38 bits per heavy atom. The largest absolute Gasteiger partial charge is 0.348 e. The highest BCUT2D eigenvalue weighted by atomic mass is 35.5. The number of amides is 1. The molecule has 0 aliphatic heterocycles. The molecule has 1 aromatic heterocycles. The van der Waals surface area contributed by atoms with Gasteiger partial charge in [0, 0.05) is 31.0 Å². The van der Waals surface area contributed by atoms with Gasteiger partial charge in [-0.2, -0.15) is 0 Å². The van der Waals surface area contributed by atoms with Gasteiger partial charge < -0.3 is 9.88 Å². The van der Waals surface area contributed by atoms with E-state index in [9.17, 15) is 17.6 Å². The first-order valence-electron chi connectivity index (χ1n) is 10.2. The van der Waals surface area contributed by atoms with E-state index in [4.69, 9.17) is 11.6 Å². The molecule has 7 nitrogen and oxygen atoms in total. The number of sulfonamides is 1. The molecule has 0 saturated carbocycles. The fourth-order valence-corrected chi connectivity index (χ4v) is 4.49. The van der Waals surface area contributed by atoms with Crippen LogP contribution in [0.2, 0.25) is 5.02 Å². The molecule has 3 aromatic carbocycles. The molecule has 0 unspecified atom stereocenters. The lowest BCUT2D eigenvalue weighted by molar-refractivity contribution is 0.0951. The van der Waals surface area contributed by atoms with E-state index in [1.165, 1.54) is 18.2 Å². The zero-order valence-corrected chi connectivity index (χ0v) is 19.4. The standard InChI is InChI=1S/C24H20ClFN4O3S/c25-22-10-5-19(13-23(22)29-34(32,33)21-8-6-20(26)7-9-21)24(31)28-14-17-1-3-18(4-2-17)15-30-12-11-27-16-30/h1-13,16,29H,14-15H2,(H,28,31). The average Bonchev–Trinajstić information content (AvgIpc) is 3.33. The van der Waals surface area contributed by atoms with Gasteiger partial charge in [0.2, 0.25) is 0 Å². The number of anilines is 1. The van der Waals surface area contributed by atoms with Crippen LogP contribution in [0, 0.1) is 5.82 Å². The minimum Gasteiger partial charge on any atom is -0.348 e. The topological polar surface area (TPSA) is 93.1 Å². The molecule has 1 amide bonds. The molecule has 0 bridgehead atoms. The summed E-state index contributed by atoms with van der Waals surface area (Å²) < 4.78 is 42.6. The lowest BCUT2D eigenvalue weighted by Crippen LogP contribution is -2.23. The van der Waals surface area contributed by atoms with E-state index in [0.29, 0.717) is 13.1 Å². The minimum atomic E-state index is -4.01. The fourth-order valence-electron chi connectivity index (χ4n) is 3.20. The summed E-state index contributed by atoms with van der Waals surface area (Å²) in [4.78, 5) is 16.5. The highest BCUT2D eigenvalue weighted by molar-refractivity contribution is 7.92. The Kier molecular flexibility index (Phi) is 6.95. The molecule has 1 heterocycles. The van der Waals surface area contributed by atoms with Gasteiger partial charge in [-0.15, -0.1) is 0 Å². The molecule has 4 aromatic rings. The number of nitrogens with zero attached hydrogens (tertiary/aromatic N) is 2. The van der Waals surface area contributed by atoms with Crippen molar-refractivity contribution in [1.29, 1.82) is 0 Å². The lowest BCUT2D eigenvalue weighted by atomic mass is 10.1. The van der Waals surface area contributed by atoms with Crippen LogP contribution in [0.5, 0.6) is 0 Å². The van der Waals surface area contributed by atoms with E-state index >= 15 is 0 Å². The predicted molar refractivity (Wildman–Crippen MR) is 128 cm³/mol. The Labute approximate surface area is 201 Å². The Morgan fingerprint density at radius 2 is 1.71 bits per heavy atom. The van der Waals surface area contributed by atoms with Gasteiger partial charge >= 0.3 is 0 Å². The van der Waals surface area contributed by atoms with E-state index in [-0.39, 0.29) is 27.1 Å². The second-order valence-corrected chi connectivity index (χ2v) is 9.58. The highest BCUT2D eigenvalue weighted by Crippen LogP contribution is 2.26. The molecule has 0 radical (unpaired) electrons. The Balaban J connectivity index is 1.41. The Bertz CT molecular complexity index is 1390. The first-order valence-corrected chi connectivity index (χ1v) is 12.1. The predicted octanol–water partition coefficient (Wildman–Crippen LogP) is 4.45. The number of halogens is 2. The van der Waals surface area contributed by atoms with Gasteiger partial charge in [-0.25, -0.2) is 17.8 Å². The van der Waals surface area contributed by atoms with Gasteiger partial charge in [-0.05, 0) is 53.6 Å². The van der Waals surface area contributed by atoms with Gasteiger partial charge in [0.05, 0.1) is 21.9 Å². The molecule has 174 valence electrons. The molecule has 4 rings (SSSR count). The molecule has 0 fully saturated rings. The monoisotopic (exact) mass is 498 g/mol. The van der Waals surface area contributed by atoms with E-state index in [1.54, 1.807) is 12.5 Å². The fraction of sp³-hybridized carbons (Fsp3) is 0.0833. The van der Waals surface area contributed by atoms with Crippen molar-refractivity contribution in [1.82, 2.24) is 14.9 Å². The summed E-state index contributed by atoms with van der Waals surface area (Å²) in [5.74, 6) is -0.940. The van der Waals surface area contributed by atoms with Crippen LogP contribution in [0.15, 0.2) is 90.3 Å². The molecule has 10 heteroatoms. The van der Waals surface area contributed by atoms with Crippen molar-refractivity contribution in [3.05, 3.63) is 113 Å². The number of carbonyl (C=O) groups excluding carboxylic acids is 1. The van der Waals surface area contributed by atoms with Crippen LogP contribution < -0.4 is 10.0 Å². The molecular weight excluding hydrogens is 479 g/mol. The van der Waals surface area contributed by atoms with Gasteiger partial charge in [-0.3, -0.25) is 9.52 Å². The van der Waals surface area contributed by atoms with Crippen molar-refractivity contribution >= 4 is 33.2 Å². The summed E-state index contributed by atoms with van der Waals surface area (Å²) >= 11 is 6.13. The van der Waals surface area contributed by atoms with Crippen molar-refractivity contribution in [2.45, 2.75) is 18.0 Å². The third kappa shape index (κ3) is 5.81. The second kappa shape index (κ2) is 10.1. The smallest absolute Gasteiger partial charge is 0.261 e. The maximum absolute atomic E-state index is 13.1. The highest BCUT2D eigenvalue weighted by Gasteiger charge is 2.17. The first-order chi connectivity index (χ1) is 16.3. The number of nitrogens with one attached hydrogen (secondary N) is 2. The molecule has 0 atom stereocenters. The summed E-state index contributed by atoms with van der Waals surface area (Å²) in [6.45, 7) is 0.997. The maximum Gasteiger partial charge on any atom is 0.261 e. The minimum absolute atomic E-state index is 0.0440. The summed E-state index contributed by atoms with van der Waals surface area (Å²) in [7, 11) is -4.01. The molecular formula is C24H20ClFN4O3S. The zero-order valence-electron chi connectivity index (χ0n) is 17.8. The summed E-state index contributed by atoms with van der Waals surface area (Å²) in [6.07, 6.45) is 5.35. The summed E-state index contributed by atoms with van der Waals surface area (Å²) in [6, 6.07) is 16.5. The van der Waals surface area contributed by atoms with Gasteiger partial charge in [0.1, 0.15) is 5.82 Å². The van der Waals surface area contributed by atoms with E-state index in [1.807, 2.05) is 35.0 Å². The van der Waals surface area contributed by atoms with Crippen molar-refractivity contribution in [3.63, 3.8) is 0 Å². The lowest BCUT2D eigenvalue weighted by Gasteiger charge is -2.12. The number of carbonyl (C=O) groups is 1. The molecule has 0 saturated heterocycles. The van der Waals surface area contributed by atoms with Crippen molar-refractivity contribution in [3.8, 4) is 0 Å². The molecule has 0 aliphatic carbocycles. The van der Waals surface area contributed by atoms with E-state index in [0.717, 1.165) is 35.4 Å². The Hall–Kier alpha value is -3.69. The molecule has 2 N–H and O–H groups in total. The molecule has 34 heavy (non-hydrogen) atoms. The van der Waals surface area contributed by atoms with E-state index < -0.39 is 15.8 Å². The van der Waals surface area contributed by atoms with Crippen LogP contribution in [0.1, 0.15) is 21.5 Å². The van der Waals surface area contributed by atoms with Gasteiger partial charge in [-0.1, -0.05) is 35.9 Å². The third-order valence-electron chi connectivity index (χ3n) is 5.00. The van der Waals surface area contributed by atoms with Gasteiger partial charge in [0.25, 0.3) is 15.9 Å². The first kappa shape index (κ1) is 23.5. The summed E-state index contributed by atoms with van der Waals surface area (Å²) in [5.41, 5.74) is 2.29. The van der Waals surface area contributed by atoms with Crippen LogP contribution in [-0.4, -0.2) is 23.9 Å². The van der Waals surface area contributed by atoms with Gasteiger partial charge in [0.15, 0.2) is 0 Å². The normalized spacial score (nSPS) is 11.2. The number of imidazole rings is 1. The zero-order chi connectivity index (χ0) is 24.1. The van der Waals surface area contributed by atoms with Crippen molar-refractivity contribution < 1.29 is 17.6 Å². The summed E-state index contributed by atoms with van der Waals surface area (Å²) in [5, 5.41) is 2.93. The SMILES string of the molecule is O=C(NCc1ccc(Cn2ccnc2)cc1)c1ccc(Cl)c(NS(=O)(=O)c2ccc(F)cc2)c1. The van der Waals surface area contributed by atoms with Crippen molar-refractivity contribution in [2.24, 2.45) is 0 Å². The van der Waals surface area contributed by atoms with Crippen LogP contribution in [-0.2, 0) is 23.1 Å². The number of aromatic nitrogens is 2. The van der Waals surface area contributed by atoms with Crippen molar-refractivity contribution in [2.75, 3.05) is 4.72 Å². The maximum atomic E-state index is 13.1. The number of hydrogen-bond donors (Lipinski definition) is 2. The molecule has 0 spiro atoms. The van der Waals surface area contributed by atoms with Crippen LogP contribution in [0.4, 0.5) is 10.1 Å².